The van der Waals surface area contributed by atoms with Crippen molar-refractivity contribution >= 4 is 10.9 Å². The Morgan fingerprint density at radius 1 is 1.11 bits per heavy atom. The summed E-state index contributed by atoms with van der Waals surface area (Å²) in [5, 5.41) is 13.7. The lowest BCUT2D eigenvalue weighted by molar-refractivity contribution is -0.142. The Bertz CT molecular complexity index is 828. The Morgan fingerprint density at radius 3 is 2.46 bits per heavy atom. The van der Waals surface area contributed by atoms with Crippen molar-refractivity contribution < 1.29 is 31.4 Å². The van der Waals surface area contributed by atoms with Gasteiger partial charge in [-0.3, -0.25) is 0 Å². The summed E-state index contributed by atoms with van der Waals surface area (Å²) in [6.45, 7) is 0.839. The standard InChI is InChI=1S/C19H20F6N2O/c20-18(21,22)14-6-3-5-12-13(10-16(19(23,24)25)27-17(12)14)15(28)8-7-11-4-1-2-9-26-11/h3,5-6,10-11,15,26,28H,1-2,4,7-9H2. The van der Waals surface area contributed by atoms with E-state index in [9.17, 15) is 31.4 Å². The fourth-order valence-electron chi connectivity index (χ4n) is 3.61. The van der Waals surface area contributed by atoms with Gasteiger partial charge in [-0.15, -0.1) is 0 Å². The number of hydrogen-bond acceptors (Lipinski definition) is 3. The molecule has 2 heterocycles. The number of alkyl halides is 6. The van der Waals surface area contributed by atoms with Gasteiger partial charge < -0.3 is 10.4 Å². The van der Waals surface area contributed by atoms with Crippen molar-refractivity contribution in [2.45, 2.75) is 56.6 Å². The molecule has 0 spiro atoms. The van der Waals surface area contributed by atoms with E-state index in [0.29, 0.717) is 18.6 Å². The maximum atomic E-state index is 13.3. The second kappa shape index (κ2) is 7.87. The summed E-state index contributed by atoms with van der Waals surface area (Å²) in [6.07, 6.45) is -7.47. The van der Waals surface area contributed by atoms with Gasteiger partial charge in [0.25, 0.3) is 0 Å². The fourth-order valence-corrected chi connectivity index (χ4v) is 3.61. The molecular formula is C19H20F6N2O. The highest BCUT2D eigenvalue weighted by Gasteiger charge is 2.38. The predicted molar refractivity (Wildman–Crippen MR) is 91.6 cm³/mol. The van der Waals surface area contributed by atoms with Crippen LogP contribution in [0.15, 0.2) is 24.3 Å². The maximum Gasteiger partial charge on any atom is 0.433 e. The van der Waals surface area contributed by atoms with E-state index in [-0.39, 0.29) is 23.4 Å². The van der Waals surface area contributed by atoms with Crippen molar-refractivity contribution in [2.24, 2.45) is 0 Å². The highest BCUT2D eigenvalue weighted by Crippen LogP contribution is 2.39. The molecule has 1 aromatic heterocycles. The molecule has 28 heavy (non-hydrogen) atoms. The first-order valence-electron chi connectivity index (χ1n) is 9.07. The minimum atomic E-state index is -4.92. The minimum Gasteiger partial charge on any atom is -0.388 e. The number of pyridine rings is 1. The molecule has 2 unspecified atom stereocenters. The molecule has 9 heteroatoms. The van der Waals surface area contributed by atoms with Crippen LogP contribution in [0.4, 0.5) is 26.3 Å². The number of hydrogen-bond donors (Lipinski definition) is 2. The molecular weight excluding hydrogens is 386 g/mol. The van der Waals surface area contributed by atoms with Gasteiger partial charge in [-0.05, 0) is 49.9 Å². The molecule has 3 nitrogen and oxygen atoms in total. The van der Waals surface area contributed by atoms with E-state index < -0.39 is 35.2 Å². The zero-order valence-corrected chi connectivity index (χ0v) is 14.9. The zero-order valence-electron chi connectivity index (χ0n) is 14.9. The van der Waals surface area contributed by atoms with Crippen molar-refractivity contribution in [3.8, 4) is 0 Å². The smallest absolute Gasteiger partial charge is 0.388 e. The number of aliphatic hydroxyl groups excluding tert-OH is 1. The van der Waals surface area contributed by atoms with E-state index in [1.807, 2.05) is 0 Å². The van der Waals surface area contributed by atoms with Crippen LogP contribution in [0.25, 0.3) is 10.9 Å². The first-order chi connectivity index (χ1) is 13.1. The molecule has 2 N–H and O–H groups in total. The average molecular weight is 406 g/mol. The van der Waals surface area contributed by atoms with Crippen molar-refractivity contribution in [2.75, 3.05) is 6.54 Å². The molecule has 1 saturated heterocycles. The SMILES string of the molecule is OC(CCC1CCCCN1)c1cc(C(F)(F)F)nc2c(C(F)(F)F)cccc12. The van der Waals surface area contributed by atoms with Gasteiger partial charge in [0.15, 0.2) is 0 Å². The van der Waals surface area contributed by atoms with Crippen LogP contribution in [0, 0.1) is 0 Å². The van der Waals surface area contributed by atoms with Crippen LogP contribution in [0.2, 0.25) is 0 Å². The van der Waals surface area contributed by atoms with Crippen LogP contribution in [0.5, 0.6) is 0 Å². The van der Waals surface area contributed by atoms with Crippen molar-refractivity contribution in [1.29, 1.82) is 0 Å². The monoisotopic (exact) mass is 406 g/mol. The number of benzene rings is 1. The third-order valence-corrected chi connectivity index (χ3v) is 5.03. The topological polar surface area (TPSA) is 45.1 Å². The highest BCUT2D eigenvalue weighted by atomic mass is 19.4. The second-order valence-corrected chi connectivity index (χ2v) is 7.03. The van der Waals surface area contributed by atoms with Gasteiger partial charge in [-0.2, -0.15) is 26.3 Å². The van der Waals surface area contributed by atoms with Crippen LogP contribution >= 0.6 is 0 Å². The predicted octanol–water partition coefficient (Wildman–Crippen LogP) is 5.23. The Labute approximate surface area is 157 Å². The minimum absolute atomic E-state index is 0.119. The quantitative estimate of drug-likeness (QED) is 0.684. The van der Waals surface area contributed by atoms with E-state index in [1.165, 1.54) is 6.07 Å². The third-order valence-electron chi connectivity index (χ3n) is 5.03. The number of halogens is 6. The molecule has 0 aliphatic carbocycles. The van der Waals surface area contributed by atoms with Gasteiger partial charge in [0, 0.05) is 11.4 Å². The summed E-state index contributed by atoms with van der Waals surface area (Å²) < 4.78 is 79.5. The summed E-state index contributed by atoms with van der Waals surface area (Å²) in [6, 6.07) is 3.86. The number of rotatable bonds is 4. The molecule has 2 aromatic rings. The van der Waals surface area contributed by atoms with Gasteiger partial charge >= 0.3 is 12.4 Å². The first-order valence-corrected chi connectivity index (χ1v) is 9.07. The first kappa shape index (κ1) is 20.9. The third kappa shape index (κ3) is 4.57. The summed E-state index contributed by atoms with van der Waals surface area (Å²) in [5.41, 5.74) is -3.67. The molecule has 0 amide bonds. The maximum absolute atomic E-state index is 13.3. The number of aromatic nitrogens is 1. The normalized spacial score (nSPS) is 19.8. The van der Waals surface area contributed by atoms with Crippen molar-refractivity contribution in [3.05, 3.63) is 41.1 Å². The lowest BCUT2D eigenvalue weighted by Crippen LogP contribution is -2.34. The van der Waals surface area contributed by atoms with Crippen molar-refractivity contribution in [1.82, 2.24) is 10.3 Å². The van der Waals surface area contributed by atoms with Crippen molar-refractivity contribution in [3.63, 3.8) is 0 Å². The van der Waals surface area contributed by atoms with Crippen LogP contribution in [0.1, 0.15) is 55.0 Å². The molecule has 0 saturated carbocycles. The second-order valence-electron chi connectivity index (χ2n) is 7.03. The summed E-state index contributed by atoms with van der Waals surface area (Å²) in [7, 11) is 0. The lowest BCUT2D eigenvalue weighted by atomic mass is 9.94. The highest BCUT2D eigenvalue weighted by molar-refractivity contribution is 5.86. The molecule has 0 bridgehead atoms. The van der Waals surface area contributed by atoms with E-state index in [0.717, 1.165) is 31.9 Å². The number of aliphatic hydroxyl groups is 1. The van der Waals surface area contributed by atoms with Gasteiger partial charge in [-0.1, -0.05) is 18.6 Å². The number of nitrogens with zero attached hydrogens (tertiary/aromatic N) is 1. The average Bonchev–Trinajstić information content (AvgIpc) is 2.64. The molecule has 2 atom stereocenters. The van der Waals surface area contributed by atoms with Crippen LogP contribution in [-0.2, 0) is 12.4 Å². The number of para-hydroxylation sites is 1. The van der Waals surface area contributed by atoms with E-state index in [1.54, 1.807) is 0 Å². The molecule has 1 aliphatic rings. The van der Waals surface area contributed by atoms with Gasteiger partial charge in [-0.25, -0.2) is 4.98 Å². The molecule has 3 rings (SSSR count). The number of fused-ring (bicyclic) bond motifs is 1. The Morgan fingerprint density at radius 2 is 1.86 bits per heavy atom. The molecule has 154 valence electrons. The lowest BCUT2D eigenvalue weighted by Gasteiger charge is -2.25. The Balaban J connectivity index is 2.02. The van der Waals surface area contributed by atoms with Crippen LogP contribution in [0.3, 0.4) is 0 Å². The van der Waals surface area contributed by atoms with Gasteiger partial charge in [0.05, 0.1) is 17.2 Å². The Kier molecular flexibility index (Phi) is 5.86. The van der Waals surface area contributed by atoms with E-state index in [2.05, 4.69) is 10.3 Å². The van der Waals surface area contributed by atoms with Gasteiger partial charge in [0.1, 0.15) is 5.69 Å². The Hall–Kier alpha value is -1.87. The number of piperidine rings is 1. The van der Waals surface area contributed by atoms with Gasteiger partial charge in [0.2, 0.25) is 0 Å². The largest absolute Gasteiger partial charge is 0.433 e. The van der Waals surface area contributed by atoms with E-state index >= 15 is 0 Å². The molecule has 1 aliphatic heterocycles. The van der Waals surface area contributed by atoms with Crippen LogP contribution < -0.4 is 5.32 Å². The number of nitrogens with one attached hydrogen (secondary N) is 1. The van der Waals surface area contributed by atoms with Crippen LogP contribution in [-0.4, -0.2) is 22.7 Å². The summed E-state index contributed by atoms with van der Waals surface area (Å²) in [4.78, 5) is 3.24. The molecule has 0 radical (unpaired) electrons. The summed E-state index contributed by atoms with van der Waals surface area (Å²) >= 11 is 0. The summed E-state index contributed by atoms with van der Waals surface area (Å²) in [5.74, 6) is 0. The molecule has 1 aromatic carbocycles. The van der Waals surface area contributed by atoms with E-state index in [4.69, 9.17) is 0 Å². The fraction of sp³-hybridized carbons (Fsp3) is 0.526. The zero-order chi connectivity index (χ0) is 20.5. The molecule has 1 fully saturated rings.